The fraction of sp³-hybridized carbons (Fsp3) is 0.375. The van der Waals surface area contributed by atoms with Gasteiger partial charge in [0.2, 0.25) is 0 Å². The van der Waals surface area contributed by atoms with Gasteiger partial charge in [-0.05, 0) is 13.8 Å². The van der Waals surface area contributed by atoms with Crippen LogP contribution in [0.3, 0.4) is 0 Å². The van der Waals surface area contributed by atoms with E-state index in [1.165, 1.54) is 0 Å². The predicted molar refractivity (Wildman–Crippen MR) is 40.5 cm³/mol. The molecule has 2 heteroatoms. The second kappa shape index (κ2) is 2.57. The number of aromatic nitrogens is 2. The van der Waals surface area contributed by atoms with E-state index in [4.69, 9.17) is 6.42 Å². The maximum Gasteiger partial charge on any atom is 0.106 e. The molecule has 0 saturated heterocycles. The van der Waals surface area contributed by atoms with Crippen molar-refractivity contribution in [3.8, 4) is 12.3 Å². The van der Waals surface area contributed by atoms with Crippen LogP contribution in [0, 0.1) is 26.2 Å². The summed E-state index contributed by atoms with van der Waals surface area (Å²) in [7, 11) is 0. The van der Waals surface area contributed by atoms with E-state index in [2.05, 4.69) is 10.9 Å². The Morgan fingerprint density at radius 1 is 1.70 bits per heavy atom. The lowest BCUT2D eigenvalue weighted by Gasteiger charge is -2.00. The van der Waals surface area contributed by atoms with Crippen LogP contribution in [0.5, 0.6) is 0 Å². The van der Waals surface area contributed by atoms with Crippen molar-refractivity contribution in [3.63, 3.8) is 0 Å². The molecule has 0 radical (unpaired) electrons. The standard InChI is InChI=1S/C8H10N2/c1-4-5-10-7(2)6-9-8(10)3/h1,6H,5H2,2-3H3. The highest BCUT2D eigenvalue weighted by atomic mass is 15.1. The molecule has 10 heavy (non-hydrogen) atoms. The number of rotatable bonds is 1. The molecule has 0 bridgehead atoms. The number of aryl methyl sites for hydroxylation is 2. The zero-order valence-corrected chi connectivity index (χ0v) is 6.26. The van der Waals surface area contributed by atoms with Gasteiger partial charge in [0.15, 0.2) is 0 Å². The number of nitrogens with zero attached hydrogens (tertiary/aromatic N) is 2. The van der Waals surface area contributed by atoms with Gasteiger partial charge >= 0.3 is 0 Å². The van der Waals surface area contributed by atoms with Crippen molar-refractivity contribution in [1.82, 2.24) is 9.55 Å². The highest BCUT2D eigenvalue weighted by Crippen LogP contribution is 2.00. The third-order valence-electron chi connectivity index (χ3n) is 1.50. The van der Waals surface area contributed by atoms with Crippen molar-refractivity contribution < 1.29 is 0 Å². The molecule has 1 aromatic rings. The summed E-state index contributed by atoms with van der Waals surface area (Å²) in [6, 6.07) is 0. The van der Waals surface area contributed by atoms with Gasteiger partial charge in [-0.2, -0.15) is 0 Å². The molecular formula is C8H10N2. The molecule has 0 N–H and O–H groups in total. The minimum absolute atomic E-state index is 0.623. The first kappa shape index (κ1) is 6.88. The minimum Gasteiger partial charge on any atom is -0.321 e. The van der Waals surface area contributed by atoms with Crippen LogP contribution in [0.4, 0.5) is 0 Å². The molecule has 0 amide bonds. The van der Waals surface area contributed by atoms with E-state index in [0.29, 0.717) is 6.54 Å². The van der Waals surface area contributed by atoms with Crippen LogP contribution in [-0.2, 0) is 6.54 Å². The largest absolute Gasteiger partial charge is 0.321 e. The summed E-state index contributed by atoms with van der Waals surface area (Å²) >= 11 is 0. The summed E-state index contributed by atoms with van der Waals surface area (Å²) in [6.07, 6.45) is 6.98. The average Bonchev–Trinajstić information content (AvgIpc) is 2.20. The fourth-order valence-electron chi connectivity index (χ4n) is 0.912. The SMILES string of the molecule is C#CCn1c(C)cnc1C. The molecule has 1 heterocycles. The zero-order valence-electron chi connectivity index (χ0n) is 6.26. The molecular weight excluding hydrogens is 124 g/mol. The molecule has 0 aliphatic heterocycles. The Kier molecular flexibility index (Phi) is 1.77. The number of hydrogen-bond acceptors (Lipinski definition) is 1. The summed E-state index contributed by atoms with van der Waals surface area (Å²) in [4.78, 5) is 4.10. The van der Waals surface area contributed by atoms with Gasteiger partial charge in [0.1, 0.15) is 5.82 Å². The van der Waals surface area contributed by atoms with Crippen LogP contribution in [0.1, 0.15) is 11.5 Å². The van der Waals surface area contributed by atoms with Gasteiger partial charge < -0.3 is 4.57 Å². The monoisotopic (exact) mass is 134 g/mol. The lowest BCUT2D eigenvalue weighted by Crippen LogP contribution is -1.99. The van der Waals surface area contributed by atoms with Gasteiger partial charge in [-0.25, -0.2) is 4.98 Å². The normalized spacial score (nSPS) is 9.30. The summed E-state index contributed by atoms with van der Waals surface area (Å²) in [5.74, 6) is 3.56. The van der Waals surface area contributed by atoms with Crippen LogP contribution in [0.15, 0.2) is 6.20 Å². The molecule has 0 saturated carbocycles. The Morgan fingerprint density at radius 3 is 2.80 bits per heavy atom. The van der Waals surface area contributed by atoms with Crippen molar-refractivity contribution in [2.24, 2.45) is 0 Å². The average molecular weight is 134 g/mol. The second-order valence-corrected chi connectivity index (χ2v) is 2.24. The molecule has 0 aliphatic carbocycles. The molecule has 0 aliphatic rings. The van der Waals surface area contributed by atoms with Crippen molar-refractivity contribution in [3.05, 3.63) is 17.7 Å². The smallest absolute Gasteiger partial charge is 0.106 e. The molecule has 0 atom stereocenters. The first-order valence-corrected chi connectivity index (χ1v) is 3.18. The maximum atomic E-state index is 5.16. The third kappa shape index (κ3) is 1.03. The molecule has 1 rings (SSSR count). The topological polar surface area (TPSA) is 17.8 Å². The van der Waals surface area contributed by atoms with Gasteiger partial charge in [0.25, 0.3) is 0 Å². The molecule has 0 aromatic carbocycles. The Morgan fingerprint density at radius 2 is 2.40 bits per heavy atom. The van der Waals surface area contributed by atoms with E-state index in [-0.39, 0.29) is 0 Å². The third-order valence-corrected chi connectivity index (χ3v) is 1.50. The molecule has 2 nitrogen and oxygen atoms in total. The van der Waals surface area contributed by atoms with Crippen molar-refractivity contribution in [1.29, 1.82) is 0 Å². The van der Waals surface area contributed by atoms with Crippen molar-refractivity contribution >= 4 is 0 Å². The summed E-state index contributed by atoms with van der Waals surface area (Å²) in [5.41, 5.74) is 1.12. The highest BCUT2D eigenvalue weighted by molar-refractivity contribution is 5.04. The van der Waals surface area contributed by atoms with E-state index in [0.717, 1.165) is 11.5 Å². The number of hydrogen-bond donors (Lipinski definition) is 0. The molecule has 1 aromatic heterocycles. The Hall–Kier alpha value is -1.23. The molecule has 52 valence electrons. The molecule has 0 unspecified atom stereocenters. The van der Waals surface area contributed by atoms with E-state index in [9.17, 15) is 0 Å². The van der Waals surface area contributed by atoms with Crippen LogP contribution in [0.25, 0.3) is 0 Å². The second-order valence-electron chi connectivity index (χ2n) is 2.24. The van der Waals surface area contributed by atoms with Crippen molar-refractivity contribution in [2.45, 2.75) is 20.4 Å². The summed E-state index contributed by atoms with van der Waals surface area (Å²) < 4.78 is 2.00. The van der Waals surface area contributed by atoms with Crippen LogP contribution < -0.4 is 0 Å². The fourth-order valence-corrected chi connectivity index (χ4v) is 0.912. The van der Waals surface area contributed by atoms with Gasteiger partial charge in [-0.15, -0.1) is 6.42 Å². The van der Waals surface area contributed by atoms with E-state index in [1.54, 1.807) is 0 Å². The van der Waals surface area contributed by atoms with Gasteiger partial charge in [0, 0.05) is 11.9 Å². The van der Waals surface area contributed by atoms with Crippen LogP contribution >= 0.6 is 0 Å². The highest BCUT2D eigenvalue weighted by Gasteiger charge is 1.97. The number of imidazole rings is 1. The van der Waals surface area contributed by atoms with E-state index >= 15 is 0 Å². The predicted octanol–water partition coefficient (Wildman–Crippen LogP) is 1.13. The summed E-state index contributed by atoms with van der Waals surface area (Å²) in [5, 5.41) is 0. The molecule has 0 fully saturated rings. The lowest BCUT2D eigenvalue weighted by atomic mass is 10.5. The van der Waals surface area contributed by atoms with Crippen LogP contribution in [-0.4, -0.2) is 9.55 Å². The first-order chi connectivity index (χ1) is 4.75. The zero-order chi connectivity index (χ0) is 7.56. The lowest BCUT2D eigenvalue weighted by molar-refractivity contribution is 0.771. The Balaban J connectivity index is 3.01. The number of terminal acetylenes is 1. The quantitative estimate of drug-likeness (QED) is 0.526. The van der Waals surface area contributed by atoms with Crippen molar-refractivity contribution in [2.75, 3.05) is 0 Å². The van der Waals surface area contributed by atoms with Gasteiger partial charge in [-0.1, -0.05) is 5.92 Å². The Bertz CT molecular complexity index is 246. The van der Waals surface area contributed by atoms with E-state index < -0.39 is 0 Å². The minimum atomic E-state index is 0.623. The van der Waals surface area contributed by atoms with Crippen LogP contribution in [0.2, 0.25) is 0 Å². The van der Waals surface area contributed by atoms with E-state index in [1.807, 2.05) is 24.6 Å². The van der Waals surface area contributed by atoms with Gasteiger partial charge in [-0.3, -0.25) is 0 Å². The Labute approximate surface area is 60.9 Å². The first-order valence-electron chi connectivity index (χ1n) is 3.18. The molecule has 0 spiro atoms. The maximum absolute atomic E-state index is 5.16. The van der Waals surface area contributed by atoms with Gasteiger partial charge in [0.05, 0.1) is 6.54 Å². The summed E-state index contributed by atoms with van der Waals surface area (Å²) in [6.45, 7) is 4.57.